The van der Waals surface area contributed by atoms with E-state index in [0.29, 0.717) is 30.6 Å². The first kappa shape index (κ1) is 19.8. The number of nitrogens with zero attached hydrogens (tertiary/aromatic N) is 1. The predicted octanol–water partition coefficient (Wildman–Crippen LogP) is 1.44. The lowest BCUT2D eigenvalue weighted by molar-refractivity contribution is -0.128. The summed E-state index contributed by atoms with van der Waals surface area (Å²) in [5.74, 6) is -1.06. The molecule has 1 aromatic rings. The summed E-state index contributed by atoms with van der Waals surface area (Å²) in [6, 6.07) is 2.21. The van der Waals surface area contributed by atoms with Gasteiger partial charge in [-0.15, -0.1) is 0 Å². The molecule has 150 valence electrons. The van der Waals surface area contributed by atoms with Crippen LogP contribution in [0.15, 0.2) is 18.3 Å². The average molecular weight is 385 g/mol. The van der Waals surface area contributed by atoms with Gasteiger partial charge in [0.05, 0.1) is 12.1 Å². The van der Waals surface area contributed by atoms with Crippen molar-refractivity contribution in [2.45, 2.75) is 56.8 Å². The quantitative estimate of drug-likeness (QED) is 0.715. The van der Waals surface area contributed by atoms with Gasteiger partial charge < -0.3 is 20.5 Å². The molecule has 27 heavy (non-hydrogen) atoms. The molecule has 0 aromatic carbocycles. The molecular formula is C18H25F2N3O4. The van der Waals surface area contributed by atoms with E-state index in [1.807, 2.05) is 0 Å². The third-order valence-corrected chi connectivity index (χ3v) is 5.29. The molecule has 1 saturated heterocycles. The van der Waals surface area contributed by atoms with Gasteiger partial charge in [0.15, 0.2) is 0 Å². The number of aromatic nitrogens is 1. The number of hydrogen-bond donors (Lipinski definition) is 3. The number of alkyl halides is 2. The summed E-state index contributed by atoms with van der Waals surface area (Å²) < 4.78 is 31.6. The zero-order valence-corrected chi connectivity index (χ0v) is 14.9. The van der Waals surface area contributed by atoms with Crippen LogP contribution in [-0.4, -0.2) is 52.9 Å². The zero-order chi connectivity index (χ0) is 19.4. The van der Waals surface area contributed by atoms with Gasteiger partial charge in [0, 0.05) is 31.4 Å². The summed E-state index contributed by atoms with van der Waals surface area (Å²) in [6.45, 7) is -1.55. The minimum Gasteiger partial charge on any atom is -0.391 e. The Hall–Kier alpha value is -2.00. The molecule has 2 aliphatic rings. The highest BCUT2D eigenvalue weighted by Gasteiger charge is 2.35. The molecule has 0 bridgehead atoms. The van der Waals surface area contributed by atoms with Crippen LogP contribution in [0.25, 0.3) is 0 Å². The second-order valence-electron chi connectivity index (χ2n) is 7.13. The Morgan fingerprint density at radius 1 is 1.19 bits per heavy atom. The van der Waals surface area contributed by atoms with E-state index >= 15 is 0 Å². The van der Waals surface area contributed by atoms with Crippen molar-refractivity contribution in [3.05, 3.63) is 24.0 Å². The van der Waals surface area contributed by atoms with Crippen LogP contribution in [-0.2, 0) is 9.53 Å². The fraction of sp³-hybridized carbons (Fsp3) is 0.667. The van der Waals surface area contributed by atoms with Crippen LogP contribution in [0, 0.1) is 5.92 Å². The van der Waals surface area contributed by atoms with E-state index in [1.165, 1.54) is 12.1 Å². The van der Waals surface area contributed by atoms with E-state index in [0.717, 1.165) is 19.0 Å². The van der Waals surface area contributed by atoms with Crippen LogP contribution in [0.4, 0.5) is 8.78 Å². The van der Waals surface area contributed by atoms with E-state index < -0.39 is 24.6 Å². The maximum atomic E-state index is 12.9. The Bertz CT molecular complexity index is 661. The first-order chi connectivity index (χ1) is 13.0. The standard InChI is InChI=1S/C18H25F2N3O4/c19-18(20)23-7-1-2-14(23)17(26)22-13-4-3-11(10-15(13)24)16(25)21-12-5-8-27-9-6-12/h1-2,7,11-13,15,18,24H,3-6,8-10H2,(H,21,25)(H,22,26)/t11-,13+,15+/m0/s1. The third-order valence-electron chi connectivity index (χ3n) is 5.29. The molecule has 1 saturated carbocycles. The molecule has 9 heteroatoms. The largest absolute Gasteiger partial charge is 0.391 e. The maximum Gasteiger partial charge on any atom is 0.319 e. The van der Waals surface area contributed by atoms with E-state index in [9.17, 15) is 23.5 Å². The topological polar surface area (TPSA) is 92.6 Å². The monoisotopic (exact) mass is 385 g/mol. The van der Waals surface area contributed by atoms with Crippen molar-refractivity contribution in [3.8, 4) is 0 Å². The van der Waals surface area contributed by atoms with Gasteiger partial charge in [0.25, 0.3) is 5.91 Å². The van der Waals surface area contributed by atoms with Crippen LogP contribution < -0.4 is 10.6 Å². The van der Waals surface area contributed by atoms with Gasteiger partial charge in [0.1, 0.15) is 5.69 Å². The van der Waals surface area contributed by atoms with Crippen molar-refractivity contribution in [1.29, 1.82) is 0 Å². The highest BCUT2D eigenvalue weighted by Crippen LogP contribution is 2.26. The van der Waals surface area contributed by atoms with Crippen molar-refractivity contribution in [2.24, 2.45) is 5.92 Å². The van der Waals surface area contributed by atoms with E-state index in [-0.39, 0.29) is 30.0 Å². The van der Waals surface area contributed by atoms with Gasteiger partial charge in [-0.05, 0) is 44.2 Å². The van der Waals surface area contributed by atoms with Gasteiger partial charge in [-0.2, -0.15) is 8.78 Å². The number of nitrogens with one attached hydrogen (secondary N) is 2. The number of ether oxygens (including phenoxy) is 1. The van der Waals surface area contributed by atoms with Crippen molar-refractivity contribution in [2.75, 3.05) is 13.2 Å². The molecule has 1 aliphatic carbocycles. The van der Waals surface area contributed by atoms with Gasteiger partial charge in [-0.1, -0.05) is 0 Å². The highest BCUT2D eigenvalue weighted by atomic mass is 19.3. The maximum absolute atomic E-state index is 12.9. The number of halogens is 2. The third kappa shape index (κ3) is 4.84. The lowest BCUT2D eigenvalue weighted by Crippen LogP contribution is -2.50. The molecule has 3 N–H and O–H groups in total. The molecule has 3 rings (SSSR count). The number of aliphatic hydroxyl groups excluding tert-OH is 1. The smallest absolute Gasteiger partial charge is 0.319 e. The van der Waals surface area contributed by atoms with Crippen molar-refractivity contribution >= 4 is 11.8 Å². The van der Waals surface area contributed by atoms with Gasteiger partial charge in [0.2, 0.25) is 5.91 Å². The molecule has 1 aromatic heterocycles. The van der Waals surface area contributed by atoms with E-state index in [2.05, 4.69) is 10.6 Å². The number of hydrogen-bond acceptors (Lipinski definition) is 4. The molecule has 1 aliphatic heterocycles. The molecule has 2 fully saturated rings. The molecule has 7 nitrogen and oxygen atoms in total. The summed E-state index contributed by atoms with van der Waals surface area (Å²) in [7, 11) is 0. The van der Waals surface area contributed by atoms with E-state index in [1.54, 1.807) is 0 Å². The molecule has 0 unspecified atom stereocenters. The minimum atomic E-state index is -2.81. The summed E-state index contributed by atoms with van der Waals surface area (Å²) in [6.07, 6.45) is 2.96. The fourth-order valence-electron chi connectivity index (χ4n) is 3.71. The average Bonchev–Trinajstić information content (AvgIpc) is 3.14. The summed E-state index contributed by atoms with van der Waals surface area (Å²) >= 11 is 0. The Morgan fingerprint density at radius 3 is 2.59 bits per heavy atom. The Balaban J connectivity index is 1.51. The molecule has 0 spiro atoms. The predicted molar refractivity (Wildman–Crippen MR) is 92.3 cm³/mol. The Labute approximate surface area is 156 Å². The van der Waals surface area contributed by atoms with Crippen LogP contribution in [0.1, 0.15) is 49.1 Å². The van der Waals surface area contributed by atoms with Crippen LogP contribution in [0.2, 0.25) is 0 Å². The second-order valence-corrected chi connectivity index (χ2v) is 7.13. The first-order valence-electron chi connectivity index (χ1n) is 9.27. The van der Waals surface area contributed by atoms with Crippen molar-refractivity contribution in [3.63, 3.8) is 0 Å². The van der Waals surface area contributed by atoms with Gasteiger partial charge in [-0.25, -0.2) is 0 Å². The summed E-state index contributed by atoms with van der Waals surface area (Å²) in [5.41, 5.74) is -0.156. The summed E-state index contributed by atoms with van der Waals surface area (Å²) in [5, 5.41) is 16.0. The van der Waals surface area contributed by atoms with Crippen molar-refractivity contribution < 1.29 is 28.2 Å². The van der Waals surface area contributed by atoms with Crippen LogP contribution in [0.3, 0.4) is 0 Å². The highest BCUT2D eigenvalue weighted by molar-refractivity contribution is 5.93. The SMILES string of the molecule is O=C(N[C@@H]1CC[C@H](C(=O)NC2CCOCC2)C[C@H]1O)c1cccn1C(F)F. The lowest BCUT2D eigenvalue weighted by atomic mass is 9.83. The number of amides is 2. The van der Waals surface area contributed by atoms with E-state index in [4.69, 9.17) is 4.74 Å². The fourth-order valence-corrected chi connectivity index (χ4v) is 3.71. The van der Waals surface area contributed by atoms with Crippen molar-refractivity contribution in [1.82, 2.24) is 15.2 Å². The number of carbonyl (C=O) groups is 2. The molecular weight excluding hydrogens is 360 g/mol. The number of rotatable bonds is 5. The van der Waals surface area contributed by atoms with Gasteiger partial charge >= 0.3 is 6.55 Å². The van der Waals surface area contributed by atoms with Gasteiger partial charge in [-0.3, -0.25) is 14.2 Å². The van der Waals surface area contributed by atoms with Crippen LogP contribution in [0.5, 0.6) is 0 Å². The Morgan fingerprint density at radius 2 is 1.93 bits per heavy atom. The molecule has 2 amide bonds. The first-order valence-corrected chi connectivity index (χ1v) is 9.27. The number of carbonyl (C=O) groups excluding carboxylic acids is 2. The summed E-state index contributed by atoms with van der Waals surface area (Å²) in [4.78, 5) is 24.7. The Kier molecular flexibility index (Phi) is 6.43. The molecule has 0 radical (unpaired) electrons. The molecule has 2 heterocycles. The zero-order valence-electron chi connectivity index (χ0n) is 14.9. The number of aliphatic hydroxyl groups is 1. The lowest BCUT2D eigenvalue weighted by Gasteiger charge is -2.34. The minimum absolute atomic E-state index is 0.0858. The van der Waals surface area contributed by atoms with Crippen LogP contribution >= 0.6 is 0 Å². The molecule has 3 atom stereocenters. The second kappa shape index (κ2) is 8.79. The normalized spacial score (nSPS) is 26.7.